The van der Waals surface area contributed by atoms with Gasteiger partial charge in [0.2, 0.25) is 0 Å². The molecule has 0 spiro atoms. The van der Waals surface area contributed by atoms with Crippen LogP contribution in [0.2, 0.25) is 0 Å². The van der Waals surface area contributed by atoms with Crippen molar-refractivity contribution in [1.82, 2.24) is 15.5 Å². The highest BCUT2D eigenvalue weighted by Gasteiger charge is 2.14. The molecule has 24 heavy (non-hydrogen) atoms. The Labute approximate surface area is 141 Å². The summed E-state index contributed by atoms with van der Waals surface area (Å²) in [6.07, 6.45) is 1.85. The van der Waals surface area contributed by atoms with Crippen molar-refractivity contribution < 1.29 is 9.53 Å². The highest BCUT2D eigenvalue weighted by atomic mass is 16.5. The Balaban J connectivity index is 1.44. The van der Waals surface area contributed by atoms with Gasteiger partial charge in [-0.05, 0) is 30.5 Å². The number of benzene rings is 1. The van der Waals surface area contributed by atoms with E-state index in [4.69, 9.17) is 4.74 Å². The van der Waals surface area contributed by atoms with Gasteiger partial charge in [-0.3, -0.25) is 4.79 Å². The number of hydrogen-bond donors (Lipinski definition) is 1. The Morgan fingerprint density at radius 1 is 1.08 bits per heavy atom. The van der Waals surface area contributed by atoms with Crippen LogP contribution in [0.15, 0.2) is 42.5 Å². The van der Waals surface area contributed by atoms with Gasteiger partial charge in [0.15, 0.2) is 11.5 Å². The first-order chi connectivity index (χ1) is 11.8. The SMILES string of the molecule is O=C(NCCCc1ccccc1)c1ccc(N2CCOCC2)nn1. The minimum atomic E-state index is -0.177. The van der Waals surface area contributed by atoms with E-state index in [1.807, 2.05) is 24.3 Å². The van der Waals surface area contributed by atoms with E-state index in [2.05, 4.69) is 32.5 Å². The molecule has 0 aliphatic carbocycles. The van der Waals surface area contributed by atoms with Gasteiger partial charge in [-0.1, -0.05) is 30.3 Å². The minimum absolute atomic E-state index is 0.177. The molecule has 6 nitrogen and oxygen atoms in total. The average Bonchev–Trinajstić information content (AvgIpc) is 2.67. The summed E-state index contributed by atoms with van der Waals surface area (Å²) in [5, 5.41) is 11.1. The fraction of sp³-hybridized carbons (Fsp3) is 0.389. The number of ether oxygens (including phenoxy) is 1. The van der Waals surface area contributed by atoms with E-state index in [-0.39, 0.29) is 5.91 Å². The molecular formula is C18H22N4O2. The van der Waals surface area contributed by atoms with E-state index >= 15 is 0 Å². The van der Waals surface area contributed by atoms with Crippen LogP contribution in [0.3, 0.4) is 0 Å². The van der Waals surface area contributed by atoms with Gasteiger partial charge in [0.1, 0.15) is 0 Å². The van der Waals surface area contributed by atoms with Gasteiger partial charge in [0, 0.05) is 19.6 Å². The zero-order valence-corrected chi connectivity index (χ0v) is 13.6. The third kappa shape index (κ3) is 4.52. The monoisotopic (exact) mass is 326 g/mol. The quantitative estimate of drug-likeness (QED) is 0.818. The van der Waals surface area contributed by atoms with E-state index in [0.717, 1.165) is 31.7 Å². The predicted molar refractivity (Wildman–Crippen MR) is 92.2 cm³/mol. The van der Waals surface area contributed by atoms with Gasteiger partial charge in [-0.15, -0.1) is 10.2 Å². The molecule has 1 aliphatic heterocycles. The molecule has 0 radical (unpaired) electrons. The first-order valence-electron chi connectivity index (χ1n) is 8.31. The highest BCUT2D eigenvalue weighted by molar-refractivity contribution is 5.92. The van der Waals surface area contributed by atoms with Gasteiger partial charge in [0.05, 0.1) is 13.2 Å². The van der Waals surface area contributed by atoms with Crippen molar-refractivity contribution in [3.63, 3.8) is 0 Å². The Kier molecular flexibility index (Phi) is 5.74. The lowest BCUT2D eigenvalue weighted by molar-refractivity contribution is 0.0947. The summed E-state index contributed by atoms with van der Waals surface area (Å²) >= 11 is 0. The lowest BCUT2D eigenvalue weighted by Crippen LogP contribution is -2.37. The van der Waals surface area contributed by atoms with Crippen LogP contribution in [0.5, 0.6) is 0 Å². The van der Waals surface area contributed by atoms with Crippen LogP contribution in [0.4, 0.5) is 5.82 Å². The smallest absolute Gasteiger partial charge is 0.271 e. The standard InChI is InChI=1S/C18H22N4O2/c23-18(19-10-4-7-15-5-2-1-3-6-15)16-8-9-17(21-20-16)22-11-13-24-14-12-22/h1-3,5-6,8-9H,4,7,10-14H2,(H,19,23). The van der Waals surface area contributed by atoms with E-state index in [1.165, 1.54) is 5.56 Å². The van der Waals surface area contributed by atoms with Crippen molar-refractivity contribution >= 4 is 11.7 Å². The molecule has 1 N–H and O–H groups in total. The van der Waals surface area contributed by atoms with Crippen LogP contribution in [-0.2, 0) is 11.2 Å². The molecule has 2 heterocycles. The Hall–Kier alpha value is -2.47. The second-order valence-corrected chi connectivity index (χ2v) is 5.72. The van der Waals surface area contributed by atoms with Crippen LogP contribution < -0.4 is 10.2 Å². The summed E-state index contributed by atoms with van der Waals surface area (Å²) in [6.45, 7) is 3.64. The number of carbonyl (C=O) groups excluding carboxylic acids is 1. The molecule has 1 fully saturated rings. The average molecular weight is 326 g/mol. The number of aryl methyl sites for hydroxylation is 1. The molecule has 0 saturated carbocycles. The van der Waals surface area contributed by atoms with E-state index < -0.39 is 0 Å². The molecule has 2 aromatic rings. The van der Waals surface area contributed by atoms with Crippen molar-refractivity contribution in [2.75, 3.05) is 37.7 Å². The summed E-state index contributed by atoms with van der Waals surface area (Å²) in [5.74, 6) is 0.614. The number of hydrogen-bond acceptors (Lipinski definition) is 5. The molecular weight excluding hydrogens is 304 g/mol. The maximum atomic E-state index is 12.1. The van der Waals surface area contributed by atoms with Crippen molar-refractivity contribution in [3.05, 3.63) is 53.7 Å². The topological polar surface area (TPSA) is 67.4 Å². The number of amides is 1. The molecule has 0 bridgehead atoms. The number of nitrogens with one attached hydrogen (secondary N) is 1. The zero-order valence-electron chi connectivity index (χ0n) is 13.6. The lowest BCUT2D eigenvalue weighted by atomic mass is 10.1. The molecule has 126 valence electrons. The van der Waals surface area contributed by atoms with Crippen molar-refractivity contribution in [1.29, 1.82) is 0 Å². The maximum absolute atomic E-state index is 12.1. The number of nitrogens with zero attached hydrogens (tertiary/aromatic N) is 3. The summed E-state index contributed by atoms with van der Waals surface area (Å²) < 4.78 is 5.32. The van der Waals surface area contributed by atoms with Crippen molar-refractivity contribution in [2.24, 2.45) is 0 Å². The number of morpholine rings is 1. The second kappa shape index (κ2) is 8.40. The summed E-state index contributed by atoms with van der Waals surface area (Å²) in [6, 6.07) is 13.8. The lowest BCUT2D eigenvalue weighted by Gasteiger charge is -2.27. The van der Waals surface area contributed by atoms with E-state index in [9.17, 15) is 4.79 Å². The fourth-order valence-electron chi connectivity index (χ4n) is 2.64. The molecule has 6 heteroatoms. The van der Waals surface area contributed by atoms with Crippen LogP contribution in [-0.4, -0.2) is 49.0 Å². The zero-order chi connectivity index (χ0) is 16.6. The molecule has 0 atom stereocenters. The van der Waals surface area contributed by atoms with Gasteiger partial charge >= 0.3 is 0 Å². The molecule has 1 amide bonds. The molecule has 0 unspecified atom stereocenters. The molecule has 1 aromatic heterocycles. The summed E-state index contributed by atoms with van der Waals surface area (Å²) in [7, 11) is 0. The molecule has 1 aliphatic rings. The first-order valence-corrected chi connectivity index (χ1v) is 8.31. The Morgan fingerprint density at radius 2 is 1.88 bits per heavy atom. The molecule has 1 saturated heterocycles. The fourth-order valence-corrected chi connectivity index (χ4v) is 2.64. The Bertz CT molecular complexity index is 640. The van der Waals surface area contributed by atoms with Crippen molar-refractivity contribution in [2.45, 2.75) is 12.8 Å². The van der Waals surface area contributed by atoms with Crippen LogP contribution >= 0.6 is 0 Å². The number of carbonyl (C=O) groups is 1. The van der Waals surface area contributed by atoms with E-state index in [1.54, 1.807) is 6.07 Å². The first kappa shape index (κ1) is 16.4. The largest absolute Gasteiger partial charge is 0.378 e. The predicted octanol–water partition coefficient (Wildman–Crippen LogP) is 1.68. The second-order valence-electron chi connectivity index (χ2n) is 5.72. The number of rotatable bonds is 6. The Morgan fingerprint density at radius 3 is 2.58 bits per heavy atom. The van der Waals surface area contributed by atoms with Crippen molar-refractivity contribution in [3.8, 4) is 0 Å². The minimum Gasteiger partial charge on any atom is -0.378 e. The number of anilines is 1. The van der Waals surface area contributed by atoms with Gasteiger partial charge < -0.3 is 15.0 Å². The molecule has 1 aromatic carbocycles. The van der Waals surface area contributed by atoms with Gasteiger partial charge in [-0.2, -0.15) is 0 Å². The van der Waals surface area contributed by atoms with Gasteiger partial charge in [0.25, 0.3) is 5.91 Å². The molecule has 3 rings (SSSR count). The number of aromatic nitrogens is 2. The van der Waals surface area contributed by atoms with Gasteiger partial charge in [-0.25, -0.2) is 0 Å². The van der Waals surface area contributed by atoms with Crippen LogP contribution in [0.1, 0.15) is 22.5 Å². The van der Waals surface area contributed by atoms with E-state index in [0.29, 0.717) is 25.5 Å². The summed E-state index contributed by atoms with van der Waals surface area (Å²) in [4.78, 5) is 14.2. The summed E-state index contributed by atoms with van der Waals surface area (Å²) in [5.41, 5.74) is 1.63. The third-order valence-corrected chi connectivity index (χ3v) is 3.99. The normalized spacial score (nSPS) is 14.4. The van der Waals surface area contributed by atoms with Crippen LogP contribution in [0, 0.1) is 0 Å². The van der Waals surface area contributed by atoms with Crippen LogP contribution in [0.25, 0.3) is 0 Å². The maximum Gasteiger partial charge on any atom is 0.271 e. The third-order valence-electron chi connectivity index (χ3n) is 3.99. The highest BCUT2D eigenvalue weighted by Crippen LogP contribution is 2.11.